The van der Waals surface area contributed by atoms with Crippen molar-refractivity contribution in [3.8, 4) is 0 Å². The topological polar surface area (TPSA) is 58.6 Å². The summed E-state index contributed by atoms with van der Waals surface area (Å²) in [6.07, 6.45) is -0.671. The van der Waals surface area contributed by atoms with E-state index in [1.807, 2.05) is 30.3 Å². The van der Waals surface area contributed by atoms with Crippen molar-refractivity contribution in [1.82, 2.24) is 0 Å². The number of rotatable bonds is 5. The standard InChI is InChI=1S/C18H20N2O3/c1-13(21)20(2)16-11-9-15(10-12-16)19-18(22)17(23-3)14-7-5-4-6-8-14/h4-12,17H,1-3H3,(H,19,22). The van der Waals surface area contributed by atoms with Crippen LogP contribution in [0.15, 0.2) is 54.6 Å². The fourth-order valence-corrected chi connectivity index (χ4v) is 2.18. The van der Waals surface area contributed by atoms with Gasteiger partial charge >= 0.3 is 0 Å². The Hall–Kier alpha value is -2.66. The van der Waals surface area contributed by atoms with Crippen LogP contribution in [0.4, 0.5) is 11.4 Å². The first kappa shape index (κ1) is 16.7. The molecule has 1 N–H and O–H groups in total. The molecule has 0 aliphatic carbocycles. The molecule has 5 heteroatoms. The normalized spacial score (nSPS) is 11.6. The van der Waals surface area contributed by atoms with E-state index in [1.165, 1.54) is 18.9 Å². The zero-order valence-corrected chi connectivity index (χ0v) is 13.4. The first-order valence-electron chi connectivity index (χ1n) is 7.26. The summed E-state index contributed by atoms with van der Waals surface area (Å²) in [5.74, 6) is -0.295. The van der Waals surface area contributed by atoms with Gasteiger partial charge in [0.1, 0.15) is 0 Å². The lowest BCUT2D eigenvalue weighted by Gasteiger charge is -2.17. The van der Waals surface area contributed by atoms with Gasteiger partial charge in [0.25, 0.3) is 5.91 Å². The summed E-state index contributed by atoms with van der Waals surface area (Å²) in [4.78, 5) is 25.2. The molecule has 0 aliphatic heterocycles. The van der Waals surface area contributed by atoms with Crippen molar-refractivity contribution in [3.05, 3.63) is 60.2 Å². The molecule has 0 fully saturated rings. The molecule has 1 unspecified atom stereocenters. The quantitative estimate of drug-likeness (QED) is 0.923. The van der Waals surface area contributed by atoms with Gasteiger partial charge in [-0.25, -0.2) is 0 Å². The molecule has 0 aliphatic rings. The summed E-state index contributed by atoms with van der Waals surface area (Å²) in [5, 5.41) is 2.82. The molecule has 2 amide bonds. The van der Waals surface area contributed by atoms with E-state index in [4.69, 9.17) is 4.74 Å². The van der Waals surface area contributed by atoms with Gasteiger partial charge in [0.15, 0.2) is 6.10 Å². The van der Waals surface area contributed by atoms with Gasteiger partial charge in [-0.15, -0.1) is 0 Å². The second-order valence-corrected chi connectivity index (χ2v) is 5.14. The predicted molar refractivity (Wildman–Crippen MR) is 90.3 cm³/mol. The highest BCUT2D eigenvalue weighted by Crippen LogP contribution is 2.21. The van der Waals surface area contributed by atoms with E-state index < -0.39 is 6.10 Å². The maximum atomic E-state index is 12.4. The maximum Gasteiger partial charge on any atom is 0.258 e. The van der Waals surface area contributed by atoms with Crippen molar-refractivity contribution in [2.45, 2.75) is 13.0 Å². The van der Waals surface area contributed by atoms with Gasteiger partial charge in [-0.05, 0) is 29.8 Å². The second-order valence-electron chi connectivity index (χ2n) is 5.14. The highest BCUT2D eigenvalue weighted by atomic mass is 16.5. The summed E-state index contributed by atoms with van der Waals surface area (Å²) >= 11 is 0. The lowest BCUT2D eigenvalue weighted by molar-refractivity contribution is -0.126. The van der Waals surface area contributed by atoms with Crippen LogP contribution in [-0.4, -0.2) is 26.0 Å². The molecule has 2 aromatic rings. The Bertz CT molecular complexity index is 668. The van der Waals surface area contributed by atoms with Crippen LogP contribution in [0.1, 0.15) is 18.6 Å². The Kier molecular flexibility index (Phi) is 5.49. The molecule has 120 valence electrons. The molecule has 2 rings (SSSR count). The minimum Gasteiger partial charge on any atom is -0.367 e. The fourth-order valence-electron chi connectivity index (χ4n) is 2.18. The third-order valence-electron chi connectivity index (χ3n) is 3.57. The lowest BCUT2D eigenvalue weighted by atomic mass is 10.1. The molecule has 2 aromatic carbocycles. The van der Waals surface area contributed by atoms with E-state index in [0.717, 1.165) is 11.3 Å². The number of hydrogen-bond donors (Lipinski definition) is 1. The molecule has 0 saturated heterocycles. The largest absolute Gasteiger partial charge is 0.367 e. The number of anilines is 2. The number of nitrogens with one attached hydrogen (secondary N) is 1. The molecule has 0 bridgehead atoms. The first-order chi connectivity index (χ1) is 11.0. The zero-order chi connectivity index (χ0) is 16.8. The Balaban J connectivity index is 2.09. The van der Waals surface area contributed by atoms with Crippen LogP contribution in [0.3, 0.4) is 0 Å². The fraction of sp³-hybridized carbons (Fsp3) is 0.222. The number of methoxy groups -OCH3 is 1. The number of amides is 2. The van der Waals surface area contributed by atoms with Crippen LogP contribution in [0.5, 0.6) is 0 Å². The number of carbonyl (C=O) groups excluding carboxylic acids is 2. The molecule has 0 heterocycles. The molecule has 0 aromatic heterocycles. The van der Waals surface area contributed by atoms with Crippen LogP contribution in [0, 0.1) is 0 Å². The average Bonchev–Trinajstić information content (AvgIpc) is 2.56. The van der Waals surface area contributed by atoms with Crippen molar-refractivity contribution in [1.29, 1.82) is 0 Å². The molecule has 0 spiro atoms. The summed E-state index contributed by atoms with van der Waals surface area (Å²) < 4.78 is 5.30. The Labute approximate surface area is 135 Å². The zero-order valence-electron chi connectivity index (χ0n) is 13.4. The van der Waals surface area contributed by atoms with Crippen molar-refractivity contribution < 1.29 is 14.3 Å². The second kappa shape index (κ2) is 7.56. The third kappa shape index (κ3) is 4.17. The third-order valence-corrected chi connectivity index (χ3v) is 3.57. The van der Waals surface area contributed by atoms with Gasteiger partial charge in [0, 0.05) is 32.5 Å². The van der Waals surface area contributed by atoms with Crippen LogP contribution in [-0.2, 0) is 14.3 Å². The van der Waals surface area contributed by atoms with Crippen LogP contribution in [0.25, 0.3) is 0 Å². The monoisotopic (exact) mass is 312 g/mol. The number of nitrogens with zero attached hydrogens (tertiary/aromatic N) is 1. The highest BCUT2D eigenvalue weighted by molar-refractivity contribution is 5.95. The number of hydrogen-bond acceptors (Lipinski definition) is 3. The summed E-state index contributed by atoms with van der Waals surface area (Å²) in [6.45, 7) is 1.50. The van der Waals surface area contributed by atoms with Gasteiger partial charge in [0.2, 0.25) is 5.91 Å². The molecule has 0 saturated carbocycles. The van der Waals surface area contributed by atoms with Gasteiger partial charge in [0.05, 0.1) is 0 Å². The van der Waals surface area contributed by atoms with E-state index >= 15 is 0 Å². The smallest absolute Gasteiger partial charge is 0.258 e. The molecular formula is C18H20N2O3. The van der Waals surface area contributed by atoms with E-state index in [-0.39, 0.29) is 11.8 Å². The van der Waals surface area contributed by atoms with Gasteiger partial charge < -0.3 is 15.0 Å². The van der Waals surface area contributed by atoms with E-state index in [9.17, 15) is 9.59 Å². The molecule has 1 atom stereocenters. The Morgan fingerprint density at radius 2 is 1.65 bits per heavy atom. The maximum absolute atomic E-state index is 12.4. The Morgan fingerprint density at radius 1 is 1.04 bits per heavy atom. The number of ether oxygens (including phenoxy) is 1. The van der Waals surface area contributed by atoms with Crippen LogP contribution < -0.4 is 10.2 Å². The summed E-state index contributed by atoms with van der Waals surface area (Å²) in [5.41, 5.74) is 2.20. The minimum absolute atomic E-state index is 0.0506. The van der Waals surface area contributed by atoms with E-state index in [2.05, 4.69) is 5.32 Å². The Morgan fingerprint density at radius 3 is 2.17 bits per heavy atom. The van der Waals surface area contributed by atoms with E-state index in [1.54, 1.807) is 31.3 Å². The van der Waals surface area contributed by atoms with Crippen molar-refractivity contribution in [2.75, 3.05) is 24.4 Å². The van der Waals surface area contributed by atoms with E-state index in [0.29, 0.717) is 5.69 Å². The first-order valence-corrected chi connectivity index (χ1v) is 7.26. The number of carbonyl (C=O) groups is 2. The number of benzene rings is 2. The molecule has 0 radical (unpaired) electrons. The highest BCUT2D eigenvalue weighted by Gasteiger charge is 2.19. The van der Waals surface area contributed by atoms with Gasteiger partial charge in [-0.3, -0.25) is 9.59 Å². The predicted octanol–water partition coefficient (Wildman–Crippen LogP) is 3.00. The van der Waals surface area contributed by atoms with Crippen molar-refractivity contribution in [3.63, 3.8) is 0 Å². The van der Waals surface area contributed by atoms with Gasteiger partial charge in [-0.1, -0.05) is 30.3 Å². The van der Waals surface area contributed by atoms with Crippen molar-refractivity contribution in [2.24, 2.45) is 0 Å². The summed E-state index contributed by atoms with van der Waals surface area (Å²) in [6, 6.07) is 16.4. The molecule has 5 nitrogen and oxygen atoms in total. The lowest BCUT2D eigenvalue weighted by Crippen LogP contribution is -2.23. The minimum atomic E-state index is -0.671. The van der Waals surface area contributed by atoms with Crippen molar-refractivity contribution >= 4 is 23.2 Å². The summed E-state index contributed by atoms with van der Waals surface area (Å²) in [7, 11) is 3.20. The molecular weight excluding hydrogens is 292 g/mol. The average molecular weight is 312 g/mol. The van der Waals surface area contributed by atoms with Crippen LogP contribution in [0.2, 0.25) is 0 Å². The van der Waals surface area contributed by atoms with Crippen LogP contribution >= 0.6 is 0 Å². The molecule has 23 heavy (non-hydrogen) atoms. The SMILES string of the molecule is COC(C(=O)Nc1ccc(N(C)C(C)=O)cc1)c1ccccc1. The van der Waals surface area contributed by atoms with Gasteiger partial charge in [-0.2, -0.15) is 0 Å².